The lowest BCUT2D eigenvalue weighted by Crippen LogP contribution is -2.21. The average molecular weight is 271 g/mol. The molecule has 0 aliphatic carbocycles. The first kappa shape index (κ1) is 12.3. The molecule has 0 aliphatic heterocycles. The topological polar surface area (TPSA) is 64.6 Å². The van der Waals surface area contributed by atoms with Gasteiger partial charge in [0.25, 0.3) is 5.91 Å². The van der Waals surface area contributed by atoms with Crippen LogP contribution >= 0.6 is 0 Å². The van der Waals surface area contributed by atoms with E-state index in [4.69, 9.17) is 13.6 Å². The van der Waals surface area contributed by atoms with Crippen molar-refractivity contribution >= 4 is 16.9 Å². The summed E-state index contributed by atoms with van der Waals surface area (Å²) in [6.07, 6.45) is 1.56. The van der Waals surface area contributed by atoms with Gasteiger partial charge in [-0.2, -0.15) is 0 Å². The van der Waals surface area contributed by atoms with Gasteiger partial charge in [-0.25, -0.2) is 0 Å². The summed E-state index contributed by atoms with van der Waals surface area (Å²) >= 11 is 0. The second kappa shape index (κ2) is 5.13. The summed E-state index contributed by atoms with van der Waals surface area (Å²) in [5, 5.41) is 3.56. The fourth-order valence-electron chi connectivity index (χ4n) is 1.98. The van der Waals surface area contributed by atoms with Crippen molar-refractivity contribution in [3.63, 3.8) is 0 Å². The third kappa shape index (κ3) is 2.25. The molecule has 0 radical (unpaired) electrons. The summed E-state index contributed by atoms with van der Waals surface area (Å²) in [5.74, 6) is 1.25. The van der Waals surface area contributed by atoms with Crippen LogP contribution in [-0.2, 0) is 6.54 Å². The minimum absolute atomic E-state index is 0.246. The van der Waals surface area contributed by atoms with Crippen LogP contribution in [0.25, 0.3) is 11.0 Å². The van der Waals surface area contributed by atoms with Crippen molar-refractivity contribution in [1.82, 2.24) is 5.32 Å². The maximum absolute atomic E-state index is 12.0. The van der Waals surface area contributed by atoms with Crippen LogP contribution in [0.5, 0.6) is 5.75 Å². The molecule has 3 aromatic rings. The molecule has 5 nitrogen and oxygen atoms in total. The van der Waals surface area contributed by atoms with E-state index in [0.29, 0.717) is 23.6 Å². The van der Waals surface area contributed by atoms with Crippen LogP contribution in [0, 0.1) is 0 Å². The molecule has 0 unspecified atom stereocenters. The van der Waals surface area contributed by atoms with E-state index < -0.39 is 0 Å². The Labute approximate surface area is 115 Å². The van der Waals surface area contributed by atoms with Crippen LogP contribution in [0.1, 0.15) is 16.3 Å². The van der Waals surface area contributed by atoms with Crippen LogP contribution < -0.4 is 10.1 Å². The molecular weight excluding hydrogens is 258 g/mol. The van der Waals surface area contributed by atoms with E-state index in [1.165, 1.54) is 0 Å². The zero-order chi connectivity index (χ0) is 13.9. The Bertz CT molecular complexity index is 728. The quantitative estimate of drug-likeness (QED) is 0.792. The van der Waals surface area contributed by atoms with Gasteiger partial charge in [-0.05, 0) is 24.3 Å². The highest BCUT2D eigenvalue weighted by atomic mass is 16.5. The van der Waals surface area contributed by atoms with Gasteiger partial charge in [-0.1, -0.05) is 12.1 Å². The summed E-state index contributed by atoms with van der Waals surface area (Å²) in [7, 11) is 1.56. The zero-order valence-corrected chi connectivity index (χ0v) is 10.9. The van der Waals surface area contributed by atoms with Crippen LogP contribution in [0.4, 0.5) is 0 Å². The van der Waals surface area contributed by atoms with Gasteiger partial charge in [0.05, 0.1) is 19.9 Å². The minimum Gasteiger partial charge on any atom is -0.493 e. The number of rotatable bonds is 4. The monoisotopic (exact) mass is 271 g/mol. The lowest BCUT2D eigenvalue weighted by molar-refractivity contribution is 0.0922. The van der Waals surface area contributed by atoms with E-state index in [-0.39, 0.29) is 11.7 Å². The van der Waals surface area contributed by atoms with E-state index in [1.54, 1.807) is 37.6 Å². The Morgan fingerprint density at radius 3 is 2.95 bits per heavy atom. The Hall–Kier alpha value is -2.69. The fourth-order valence-corrected chi connectivity index (χ4v) is 1.98. The average Bonchev–Trinajstić information content (AvgIpc) is 3.12. The van der Waals surface area contributed by atoms with Crippen LogP contribution in [0.15, 0.2) is 51.5 Å². The number of fused-ring (bicyclic) bond motifs is 1. The lowest BCUT2D eigenvalue weighted by Gasteiger charge is -2.00. The third-order valence-electron chi connectivity index (χ3n) is 2.95. The summed E-state index contributed by atoms with van der Waals surface area (Å²) < 4.78 is 15.9. The van der Waals surface area contributed by atoms with E-state index >= 15 is 0 Å². The molecule has 102 valence electrons. The Kier molecular flexibility index (Phi) is 3.16. The van der Waals surface area contributed by atoms with Gasteiger partial charge < -0.3 is 18.9 Å². The Morgan fingerprint density at radius 1 is 1.30 bits per heavy atom. The Balaban J connectivity index is 1.81. The first-order chi connectivity index (χ1) is 9.78. The summed E-state index contributed by atoms with van der Waals surface area (Å²) in [4.78, 5) is 12.0. The van der Waals surface area contributed by atoms with Crippen LogP contribution in [-0.4, -0.2) is 13.0 Å². The van der Waals surface area contributed by atoms with Gasteiger partial charge in [0, 0.05) is 5.39 Å². The highest BCUT2D eigenvalue weighted by Crippen LogP contribution is 2.28. The minimum atomic E-state index is -0.292. The first-order valence-corrected chi connectivity index (χ1v) is 6.15. The van der Waals surface area contributed by atoms with E-state index in [1.807, 2.05) is 12.1 Å². The molecular formula is C15H13NO4. The molecule has 2 heterocycles. The van der Waals surface area contributed by atoms with Gasteiger partial charge >= 0.3 is 0 Å². The SMILES string of the molecule is COc1cccc2cc(C(=O)NCc3ccco3)oc12. The molecule has 0 spiro atoms. The number of benzene rings is 1. The molecule has 1 aromatic carbocycles. The molecule has 0 bridgehead atoms. The number of amides is 1. The molecule has 0 saturated carbocycles. The zero-order valence-electron chi connectivity index (χ0n) is 10.9. The second-order valence-electron chi connectivity index (χ2n) is 4.25. The van der Waals surface area contributed by atoms with Crippen molar-refractivity contribution in [1.29, 1.82) is 0 Å². The number of furan rings is 2. The predicted molar refractivity (Wildman–Crippen MR) is 72.6 cm³/mol. The third-order valence-corrected chi connectivity index (χ3v) is 2.95. The number of nitrogens with one attached hydrogen (secondary N) is 1. The molecule has 3 rings (SSSR count). The van der Waals surface area contributed by atoms with Gasteiger partial charge in [0.1, 0.15) is 5.76 Å². The number of methoxy groups -OCH3 is 1. The van der Waals surface area contributed by atoms with Crippen molar-refractivity contribution < 1.29 is 18.4 Å². The van der Waals surface area contributed by atoms with E-state index in [0.717, 1.165) is 5.39 Å². The molecule has 0 fully saturated rings. The number of carbonyl (C=O) groups is 1. The molecule has 20 heavy (non-hydrogen) atoms. The lowest BCUT2D eigenvalue weighted by atomic mass is 10.2. The first-order valence-electron chi connectivity index (χ1n) is 6.15. The normalized spacial score (nSPS) is 10.7. The predicted octanol–water partition coefficient (Wildman–Crippen LogP) is 2.96. The molecule has 0 aliphatic rings. The largest absolute Gasteiger partial charge is 0.493 e. The molecule has 5 heteroatoms. The molecule has 1 N–H and O–H groups in total. The van der Waals surface area contributed by atoms with Gasteiger partial charge in [-0.15, -0.1) is 0 Å². The van der Waals surface area contributed by atoms with Gasteiger partial charge in [-0.3, -0.25) is 4.79 Å². The fraction of sp³-hybridized carbons (Fsp3) is 0.133. The van der Waals surface area contributed by atoms with E-state index in [2.05, 4.69) is 5.32 Å². The molecule has 0 atom stereocenters. The number of ether oxygens (including phenoxy) is 1. The van der Waals surface area contributed by atoms with E-state index in [9.17, 15) is 4.79 Å². The van der Waals surface area contributed by atoms with Gasteiger partial charge in [0.2, 0.25) is 0 Å². The van der Waals surface area contributed by atoms with Crippen molar-refractivity contribution in [3.8, 4) is 5.75 Å². The standard InChI is InChI=1S/C15H13NO4/c1-18-12-6-2-4-10-8-13(20-14(10)12)15(17)16-9-11-5-3-7-19-11/h2-8H,9H2,1H3,(H,16,17). The number of para-hydroxylation sites is 1. The Morgan fingerprint density at radius 2 is 2.20 bits per heavy atom. The second-order valence-corrected chi connectivity index (χ2v) is 4.25. The van der Waals surface area contributed by atoms with Crippen molar-refractivity contribution in [2.24, 2.45) is 0 Å². The molecule has 0 saturated heterocycles. The number of hydrogen-bond acceptors (Lipinski definition) is 4. The maximum atomic E-state index is 12.0. The number of carbonyl (C=O) groups excluding carboxylic acids is 1. The van der Waals surface area contributed by atoms with Crippen molar-refractivity contribution in [2.45, 2.75) is 6.54 Å². The van der Waals surface area contributed by atoms with Crippen LogP contribution in [0.2, 0.25) is 0 Å². The highest BCUT2D eigenvalue weighted by molar-refractivity contribution is 5.97. The van der Waals surface area contributed by atoms with Gasteiger partial charge in [0.15, 0.2) is 17.1 Å². The summed E-state index contributed by atoms with van der Waals surface area (Å²) in [6, 6.07) is 10.8. The molecule has 2 aromatic heterocycles. The van der Waals surface area contributed by atoms with Crippen molar-refractivity contribution in [2.75, 3.05) is 7.11 Å². The summed E-state index contributed by atoms with van der Waals surface area (Å²) in [5.41, 5.74) is 0.568. The molecule has 1 amide bonds. The highest BCUT2D eigenvalue weighted by Gasteiger charge is 2.14. The summed E-state index contributed by atoms with van der Waals surface area (Å²) in [6.45, 7) is 0.319. The van der Waals surface area contributed by atoms with Crippen LogP contribution in [0.3, 0.4) is 0 Å². The van der Waals surface area contributed by atoms with Crippen molar-refractivity contribution in [3.05, 3.63) is 54.2 Å². The maximum Gasteiger partial charge on any atom is 0.287 e. The smallest absolute Gasteiger partial charge is 0.287 e. The number of hydrogen-bond donors (Lipinski definition) is 1.